The number of furan rings is 1. The van der Waals surface area contributed by atoms with Crippen molar-refractivity contribution in [2.24, 2.45) is 0 Å². The van der Waals surface area contributed by atoms with Crippen LogP contribution in [-0.4, -0.2) is 15.9 Å². The highest BCUT2D eigenvalue weighted by atomic mass is 16.3. The van der Waals surface area contributed by atoms with Gasteiger partial charge < -0.3 is 13.5 Å². The Morgan fingerprint density at radius 2 is 1.34 bits per heavy atom. The zero-order chi connectivity index (χ0) is 26.6. The molecule has 0 N–H and O–H groups in total. The average molecular weight is 520 g/mol. The van der Waals surface area contributed by atoms with Crippen LogP contribution in [0.3, 0.4) is 0 Å². The molecule has 9 aromatic rings. The minimum atomic E-state index is 0.0362. The predicted octanol–water partition coefficient (Wildman–Crippen LogP) is 8.05. The zero-order valence-corrected chi connectivity index (χ0v) is 22.3. The molecular weight excluding hydrogens is 499 g/mol. The number of nitrogens with zero attached hydrogens (tertiary/aromatic N) is 2. The van der Waals surface area contributed by atoms with Crippen LogP contribution in [0.4, 0.5) is 0 Å². The highest BCUT2D eigenvalue weighted by molar-refractivity contribution is 6.90. The van der Waals surface area contributed by atoms with Gasteiger partial charge in [-0.15, -0.1) is 0 Å². The Hall–Kier alpha value is -5.22. The lowest BCUT2D eigenvalue weighted by molar-refractivity contribution is 0.670. The van der Waals surface area contributed by atoms with E-state index in [9.17, 15) is 0 Å². The number of aromatic nitrogens is 2. The fourth-order valence-corrected chi connectivity index (χ4v) is 8.27. The fourth-order valence-electron chi connectivity index (χ4n) is 8.27. The van der Waals surface area contributed by atoms with Gasteiger partial charge in [-0.2, -0.15) is 0 Å². The van der Waals surface area contributed by atoms with Gasteiger partial charge in [-0.1, -0.05) is 84.4 Å². The lowest BCUT2D eigenvalue weighted by atomic mass is 9.45. The second kappa shape index (κ2) is 6.73. The summed E-state index contributed by atoms with van der Waals surface area (Å²) in [7, 11) is 0. The first-order valence-electron chi connectivity index (χ1n) is 14.3. The van der Waals surface area contributed by atoms with Crippen molar-refractivity contribution in [3.63, 3.8) is 0 Å². The van der Waals surface area contributed by atoms with Gasteiger partial charge in [0.2, 0.25) is 0 Å². The van der Waals surface area contributed by atoms with Gasteiger partial charge in [-0.05, 0) is 48.2 Å². The fraction of sp³-hybridized carbons (Fsp3) is 0.0270. The third-order valence-electron chi connectivity index (χ3n) is 9.70. The molecule has 4 heteroatoms. The van der Waals surface area contributed by atoms with Crippen LogP contribution in [0.25, 0.3) is 82.4 Å². The van der Waals surface area contributed by atoms with Crippen LogP contribution < -0.4 is 10.9 Å². The lowest BCUT2D eigenvalue weighted by Gasteiger charge is -2.34. The SMILES string of the molecule is Cc1cc2c3c(c1)c1ccccc1n3-c1cc3c(oc4ccccc43)c3c1B2n1c2ccccc2c2cccc-3c21. The van der Waals surface area contributed by atoms with Gasteiger partial charge in [0.05, 0.1) is 11.0 Å². The average Bonchev–Trinajstić information content (AvgIpc) is 3.66. The third-order valence-corrected chi connectivity index (χ3v) is 9.70. The molecule has 6 aromatic carbocycles. The summed E-state index contributed by atoms with van der Waals surface area (Å²) in [5.74, 6) is 0. The Balaban J connectivity index is 1.49. The first kappa shape index (κ1) is 20.7. The first-order chi connectivity index (χ1) is 20.3. The van der Waals surface area contributed by atoms with E-state index >= 15 is 0 Å². The van der Waals surface area contributed by atoms with Crippen LogP contribution in [0.1, 0.15) is 5.56 Å². The quantitative estimate of drug-likeness (QED) is 0.186. The Labute approximate surface area is 234 Å². The van der Waals surface area contributed by atoms with Crippen molar-refractivity contribution in [3.8, 4) is 16.8 Å². The van der Waals surface area contributed by atoms with E-state index in [4.69, 9.17) is 4.42 Å². The molecule has 2 aliphatic rings. The molecule has 2 aliphatic heterocycles. The molecule has 5 heterocycles. The highest BCUT2D eigenvalue weighted by Gasteiger charge is 2.43. The smallest absolute Gasteiger partial charge is 0.333 e. The number of hydrogen-bond acceptors (Lipinski definition) is 1. The maximum absolute atomic E-state index is 6.78. The molecule has 0 saturated carbocycles. The monoisotopic (exact) mass is 520 g/mol. The van der Waals surface area contributed by atoms with Gasteiger partial charge in [0.15, 0.2) is 0 Å². The summed E-state index contributed by atoms with van der Waals surface area (Å²) in [6.07, 6.45) is 0. The maximum Gasteiger partial charge on any atom is 0.333 e. The number of para-hydroxylation sites is 4. The van der Waals surface area contributed by atoms with Gasteiger partial charge >= 0.3 is 6.85 Å². The molecule has 0 radical (unpaired) electrons. The molecule has 3 nitrogen and oxygen atoms in total. The molecule has 0 aliphatic carbocycles. The molecule has 3 aromatic heterocycles. The Kier molecular flexibility index (Phi) is 3.39. The molecule has 188 valence electrons. The Morgan fingerprint density at radius 3 is 2.22 bits per heavy atom. The van der Waals surface area contributed by atoms with Gasteiger partial charge in [-0.3, -0.25) is 0 Å². The van der Waals surface area contributed by atoms with Gasteiger partial charge in [-0.25, -0.2) is 0 Å². The number of fused-ring (bicyclic) bond motifs is 14. The largest absolute Gasteiger partial charge is 0.455 e. The molecule has 11 rings (SSSR count). The van der Waals surface area contributed by atoms with Crippen LogP contribution >= 0.6 is 0 Å². The molecule has 0 fully saturated rings. The summed E-state index contributed by atoms with van der Waals surface area (Å²) in [5.41, 5.74) is 14.8. The summed E-state index contributed by atoms with van der Waals surface area (Å²) in [4.78, 5) is 0. The van der Waals surface area contributed by atoms with Crippen LogP contribution in [0, 0.1) is 6.92 Å². The van der Waals surface area contributed by atoms with E-state index in [0.717, 1.165) is 11.2 Å². The van der Waals surface area contributed by atoms with Crippen LogP contribution in [-0.2, 0) is 0 Å². The van der Waals surface area contributed by atoms with Gasteiger partial charge in [0.1, 0.15) is 11.2 Å². The minimum absolute atomic E-state index is 0.0362. The Bertz CT molecular complexity index is 2670. The number of benzene rings is 6. The summed E-state index contributed by atoms with van der Waals surface area (Å²) < 4.78 is 11.9. The molecule has 0 unspecified atom stereocenters. The van der Waals surface area contributed by atoms with Crippen molar-refractivity contribution < 1.29 is 4.42 Å². The van der Waals surface area contributed by atoms with Gasteiger partial charge in [0, 0.05) is 60.2 Å². The van der Waals surface area contributed by atoms with E-state index in [2.05, 4.69) is 125 Å². The second-order valence-electron chi connectivity index (χ2n) is 11.8. The van der Waals surface area contributed by atoms with Crippen molar-refractivity contribution in [1.82, 2.24) is 9.05 Å². The topological polar surface area (TPSA) is 23.0 Å². The van der Waals surface area contributed by atoms with Crippen LogP contribution in [0.5, 0.6) is 0 Å². The number of aryl methyl sites for hydroxylation is 1. The maximum atomic E-state index is 6.78. The molecule has 0 bridgehead atoms. The summed E-state index contributed by atoms with van der Waals surface area (Å²) >= 11 is 0. The zero-order valence-electron chi connectivity index (χ0n) is 22.3. The van der Waals surface area contributed by atoms with Crippen molar-refractivity contribution in [2.45, 2.75) is 6.92 Å². The summed E-state index contributed by atoms with van der Waals surface area (Å²) in [5, 5.41) is 7.57. The van der Waals surface area contributed by atoms with E-state index in [1.54, 1.807) is 0 Å². The number of hydrogen-bond donors (Lipinski definition) is 0. The molecule has 0 saturated heterocycles. The van der Waals surface area contributed by atoms with Crippen molar-refractivity contribution in [3.05, 3.63) is 115 Å². The minimum Gasteiger partial charge on any atom is -0.455 e. The molecule has 0 spiro atoms. The van der Waals surface area contributed by atoms with Crippen molar-refractivity contribution in [1.29, 1.82) is 0 Å². The Morgan fingerprint density at radius 1 is 0.610 bits per heavy atom. The third kappa shape index (κ3) is 2.22. The molecule has 41 heavy (non-hydrogen) atoms. The highest BCUT2D eigenvalue weighted by Crippen LogP contribution is 2.47. The predicted molar refractivity (Wildman–Crippen MR) is 172 cm³/mol. The van der Waals surface area contributed by atoms with Crippen molar-refractivity contribution >= 4 is 83.3 Å². The summed E-state index contributed by atoms with van der Waals surface area (Å²) in [6, 6.07) is 40.3. The normalized spacial score (nSPS) is 13.4. The van der Waals surface area contributed by atoms with E-state index in [-0.39, 0.29) is 6.85 Å². The van der Waals surface area contributed by atoms with Gasteiger partial charge in [0.25, 0.3) is 0 Å². The summed E-state index contributed by atoms with van der Waals surface area (Å²) in [6.45, 7) is 2.27. The first-order valence-corrected chi connectivity index (χ1v) is 14.3. The van der Waals surface area contributed by atoms with E-state index in [1.165, 1.54) is 87.7 Å². The van der Waals surface area contributed by atoms with E-state index in [0.29, 0.717) is 0 Å². The lowest BCUT2D eigenvalue weighted by Crippen LogP contribution is -2.55. The van der Waals surface area contributed by atoms with E-state index in [1.807, 2.05) is 0 Å². The van der Waals surface area contributed by atoms with E-state index < -0.39 is 0 Å². The standard InChI is InChI=1S/C37H21BN2O/c1-20-17-26-22-10-2-5-14-29(22)39-31-19-27-23-11-4-7-16-32(23)41-37(27)33-25-13-8-12-24-21-9-3-6-15-30(21)40(35(24)25)38(34(31)33)28(18-20)36(26)39/h2-19H,1H3. The molecule has 0 amide bonds. The number of rotatable bonds is 0. The second-order valence-corrected chi connectivity index (χ2v) is 11.8. The van der Waals surface area contributed by atoms with Crippen LogP contribution in [0.2, 0.25) is 0 Å². The molecular formula is C37H21BN2O. The van der Waals surface area contributed by atoms with Crippen LogP contribution in [0.15, 0.2) is 114 Å². The molecule has 0 atom stereocenters. The van der Waals surface area contributed by atoms with Crippen molar-refractivity contribution in [2.75, 3.05) is 0 Å².